The molecule has 0 aromatic heterocycles. The van der Waals surface area contributed by atoms with Crippen molar-refractivity contribution in [2.24, 2.45) is 0 Å². The van der Waals surface area contributed by atoms with Gasteiger partial charge in [0.15, 0.2) is 0 Å². The van der Waals surface area contributed by atoms with Crippen LogP contribution in [0, 0.1) is 0 Å². The first-order valence-corrected chi connectivity index (χ1v) is 8.01. The molecule has 0 saturated heterocycles. The lowest BCUT2D eigenvalue weighted by atomic mass is 10.1. The molecule has 0 amide bonds. The molecule has 0 N–H and O–H groups in total. The number of benzene rings is 1. The van der Waals surface area contributed by atoms with Gasteiger partial charge in [-0.3, -0.25) is 0 Å². The SMILES string of the molecule is COc1ccc(S(=O)(=O)N(C)C(C)(C)CBr)cc1. The average molecular weight is 336 g/mol. The molecule has 0 heterocycles. The van der Waals surface area contributed by atoms with Crippen molar-refractivity contribution in [3.63, 3.8) is 0 Å². The van der Waals surface area contributed by atoms with E-state index >= 15 is 0 Å². The van der Waals surface area contributed by atoms with Crippen LogP contribution < -0.4 is 4.74 Å². The molecule has 0 bridgehead atoms. The number of sulfonamides is 1. The Morgan fingerprint density at radius 1 is 1.28 bits per heavy atom. The summed E-state index contributed by atoms with van der Waals surface area (Å²) in [5.74, 6) is 0.636. The third-order valence-electron chi connectivity index (χ3n) is 2.90. The number of hydrogen-bond acceptors (Lipinski definition) is 3. The zero-order valence-electron chi connectivity index (χ0n) is 11.0. The van der Waals surface area contributed by atoms with Gasteiger partial charge in [0.25, 0.3) is 0 Å². The fourth-order valence-electron chi connectivity index (χ4n) is 1.32. The van der Waals surface area contributed by atoms with E-state index in [9.17, 15) is 8.42 Å². The van der Waals surface area contributed by atoms with Crippen molar-refractivity contribution in [1.29, 1.82) is 0 Å². The van der Waals surface area contributed by atoms with Gasteiger partial charge in [-0.15, -0.1) is 0 Å². The molecule has 0 atom stereocenters. The Hall–Kier alpha value is -0.590. The summed E-state index contributed by atoms with van der Waals surface area (Å²) >= 11 is 3.33. The Kier molecular flexibility index (Phi) is 4.80. The molecule has 1 rings (SSSR count). The van der Waals surface area contributed by atoms with Crippen LogP contribution in [0.5, 0.6) is 5.75 Å². The number of rotatable bonds is 5. The Balaban J connectivity index is 3.13. The summed E-state index contributed by atoms with van der Waals surface area (Å²) in [6.45, 7) is 3.73. The predicted octanol–water partition coefficient (Wildman–Crippen LogP) is 2.49. The Bertz CT molecular complexity index is 497. The van der Waals surface area contributed by atoms with Crippen LogP contribution in [0.15, 0.2) is 29.2 Å². The quantitative estimate of drug-likeness (QED) is 0.776. The highest BCUT2D eigenvalue weighted by Gasteiger charge is 2.33. The Labute approximate surface area is 117 Å². The summed E-state index contributed by atoms with van der Waals surface area (Å²) < 4.78 is 31.2. The standard InChI is InChI=1S/C12H18BrNO3S/c1-12(2,9-13)14(3)18(15,16)11-7-5-10(17-4)6-8-11/h5-8H,9H2,1-4H3. The topological polar surface area (TPSA) is 46.6 Å². The molecule has 0 aliphatic heterocycles. The first kappa shape index (κ1) is 15.5. The monoisotopic (exact) mass is 335 g/mol. The van der Waals surface area contributed by atoms with Gasteiger partial charge in [-0.25, -0.2) is 8.42 Å². The molecule has 0 aliphatic carbocycles. The fraction of sp³-hybridized carbons (Fsp3) is 0.500. The van der Waals surface area contributed by atoms with Crippen LogP contribution in [-0.2, 0) is 10.0 Å². The van der Waals surface area contributed by atoms with Gasteiger partial charge in [0.2, 0.25) is 10.0 Å². The van der Waals surface area contributed by atoms with Crippen LogP contribution in [0.4, 0.5) is 0 Å². The second kappa shape index (κ2) is 5.59. The highest BCUT2D eigenvalue weighted by molar-refractivity contribution is 9.09. The summed E-state index contributed by atoms with van der Waals surface area (Å²) in [5.41, 5.74) is -0.487. The number of halogens is 1. The van der Waals surface area contributed by atoms with Crippen molar-refractivity contribution in [3.05, 3.63) is 24.3 Å². The molecule has 102 valence electrons. The molecule has 0 spiro atoms. The number of nitrogens with zero attached hydrogens (tertiary/aromatic N) is 1. The third kappa shape index (κ3) is 3.05. The molecule has 0 fully saturated rings. The molecule has 0 aliphatic rings. The lowest BCUT2D eigenvalue weighted by Crippen LogP contribution is -2.46. The van der Waals surface area contributed by atoms with Crippen LogP contribution in [0.3, 0.4) is 0 Å². The number of ether oxygens (including phenoxy) is 1. The van der Waals surface area contributed by atoms with E-state index in [1.165, 1.54) is 4.31 Å². The van der Waals surface area contributed by atoms with Crippen LogP contribution in [0.25, 0.3) is 0 Å². The van der Waals surface area contributed by atoms with Gasteiger partial charge in [0.1, 0.15) is 5.75 Å². The van der Waals surface area contributed by atoms with Gasteiger partial charge >= 0.3 is 0 Å². The molecule has 1 aromatic carbocycles. The van der Waals surface area contributed by atoms with E-state index in [2.05, 4.69) is 15.9 Å². The minimum absolute atomic E-state index is 0.264. The van der Waals surface area contributed by atoms with Gasteiger partial charge in [0, 0.05) is 17.9 Å². The maximum atomic E-state index is 12.4. The molecule has 0 radical (unpaired) electrons. The van der Waals surface area contributed by atoms with E-state index in [0.717, 1.165) is 0 Å². The Morgan fingerprint density at radius 3 is 2.17 bits per heavy atom. The number of methoxy groups -OCH3 is 1. The van der Waals surface area contributed by atoms with Crippen molar-refractivity contribution < 1.29 is 13.2 Å². The van der Waals surface area contributed by atoms with Crippen molar-refractivity contribution in [2.75, 3.05) is 19.5 Å². The summed E-state index contributed by atoms with van der Waals surface area (Å²) in [4.78, 5) is 0.264. The summed E-state index contributed by atoms with van der Waals surface area (Å²) in [7, 11) is -0.357. The molecule has 4 nitrogen and oxygen atoms in total. The molecule has 6 heteroatoms. The Morgan fingerprint density at radius 2 is 1.78 bits per heavy atom. The molecular formula is C12H18BrNO3S. The molecule has 0 unspecified atom stereocenters. The van der Waals surface area contributed by atoms with Crippen molar-refractivity contribution >= 4 is 26.0 Å². The van der Waals surface area contributed by atoms with Gasteiger partial charge in [0.05, 0.1) is 12.0 Å². The summed E-state index contributed by atoms with van der Waals surface area (Å²) in [5, 5.41) is 0.561. The third-order valence-corrected chi connectivity index (χ3v) is 6.35. The van der Waals surface area contributed by atoms with E-state index in [4.69, 9.17) is 4.74 Å². The summed E-state index contributed by atoms with van der Waals surface area (Å²) in [6.07, 6.45) is 0. The second-order valence-electron chi connectivity index (χ2n) is 4.59. The van der Waals surface area contributed by atoms with Gasteiger partial charge in [-0.05, 0) is 38.1 Å². The number of alkyl halides is 1. The van der Waals surface area contributed by atoms with Crippen LogP contribution >= 0.6 is 15.9 Å². The van der Waals surface area contributed by atoms with Crippen molar-refractivity contribution in [2.45, 2.75) is 24.3 Å². The summed E-state index contributed by atoms with van der Waals surface area (Å²) in [6, 6.07) is 6.38. The molecular weight excluding hydrogens is 318 g/mol. The predicted molar refractivity (Wildman–Crippen MR) is 75.8 cm³/mol. The van der Waals surface area contributed by atoms with Gasteiger partial charge in [-0.2, -0.15) is 4.31 Å². The first-order chi connectivity index (χ1) is 8.25. The largest absolute Gasteiger partial charge is 0.497 e. The van der Waals surface area contributed by atoms with E-state index in [1.54, 1.807) is 38.4 Å². The molecule has 0 saturated carbocycles. The van der Waals surface area contributed by atoms with Gasteiger partial charge in [-0.1, -0.05) is 15.9 Å². The molecule has 1 aromatic rings. The maximum absolute atomic E-state index is 12.4. The van der Waals surface area contributed by atoms with Gasteiger partial charge < -0.3 is 4.74 Å². The van der Waals surface area contributed by atoms with Crippen molar-refractivity contribution in [1.82, 2.24) is 4.31 Å². The maximum Gasteiger partial charge on any atom is 0.243 e. The minimum Gasteiger partial charge on any atom is -0.497 e. The normalized spacial score (nSPS) is 12.8. The molecule has 18 heavy (non-hydrogen) atoms. The van der Waals surface area contributed by atoms with Crippen molar-refractivity contribution in [3.8, 4) is 5.75 Å². The first-order valence-electron chi connectivity index (χ1n) is 5.45. The highest BCUT2D eigenvalue weighted by atomic mass is 79.9. The smallest absolute Gasteiger partial charge is 0.243 e. The lowest BCUT2D eigenvalue weighted by molar-refractivity contribution is 0.299. The average Bonchev–Trinajstić information content (AvgIpc) is 2.37. The van der Waals surface area contributed by atoms with Crippen LogP contribution in [-0.4, -0.2) is 37.7 Å². The van der Waals surface area contributed by atoms with Crippen LogP contribution in [0.1, 0.15) is 13.8 Å². The number of hydrogen-bond donors (Lipinski definition) is 0. The van der Waals surface area contributed by atoms with E-state index in [-0.39, 0.29) is 4.90 Å². The zero-order valence-corrected chi connectivity index (χ0v) is 13.4. The second-order valence-corrected chi connectivity index (χ2v) is 7.12. The fourth-order valence-corrected chi connectivity index (χ4v) is 3.37. The van der Waals surface area contributed by atoms with E-state index in [0.29, 0.717) is 11.1 Å². The minimum atomic E-state index is -3.49. The van der Waals surface area contributed by atoms with Crippen LogP contribution in [0.2, 0.25) is 0 Å². The van der Waals surface area contributed by atoms with E-state index in [1.807, 2.05) is 13.8 Å². The van der Waals surface area contributed by atoms with E-state index < -0.39 is 15.6 Å². The zero-order chi connectivity index (χ0) is 14.0. The lowest BCUT2D eigenvalue weighted by Gasteiger charge is -2.32. The highest BCUT2D eigenvalue weighted by Crippen LogP contribution is 2.25.